The van der Waals surface area contributed by atoms with Crippen LogP contribution in [0, 0.1) is 11.8 Å². The molecule has 0 radical (unpaired) electrons. The molecule has 1 heterocycles. The summed E-state index contributed by atoms with van der Waals surface area (Å²) in [6, 6.07) is 5.09. The second kappa shape index (κ2) is 7.06. The second-order valence-electron chi connectivity index (χ2n) is 5.49. The van der Waals surface area contributed by atoms with E-state index in [2.05, 4.69) is 47.4 Å². The van der Waals surface area contributed by atoms with Gasteiger partial charge in [0.2, 0.25) is 0 Å². The number of rotatable bonds is 5. The number of likely N-dealkylation sites (N-methyl/N-ethyl adjacent to an activating group) is 1. The number of nitrogens with one attached hydrogen (secondary N) is 1. The van der Waals surface area contributed by atoms with Crippen LogP contribution in [-0.4, -0.2) is 13.1 Å². The SMILES string of the molecule is CCC1CCC(C(Cc2ccc(Br)s2)NC)CC1. The Kier molecular flexibility index (Phi) is 5.71. The Bertz CT molecular complexity index is 355. The molecule has 1 fully saturated rings. The van der Waals surface area contributed by atoms with Crippen LogP contribution in [0.1, 0.15) is 43.9 Å². The van der Waals surface area contributed by atoms with E-state index in [0.29, 0.717) is 6.04 Å². The zero-order valence-corrected chi connectivity index (χ0v) is 13.8. The highest BCUT2D eigenvalue weighted by Gasteiger charge is 2.26. The van der Waals surface area contributed by atoms with Gasteiger partial charge in [0.15, 0.2) is 0 Å². The molecular formula is C15H24BrNS. The monoisotopic (exact) mass is 329 g/mol. The Labute approximate surface area is 123 Å². The number of hydrogen-bond donors (Lipinski definition) is 1. The predicted molar refractivity (Wildman–Crippen MR) is 84.3 cm³/mol. The summed E-state index contributed by atoms with van der Waals surface area (Å²) in [6.07, 6.45) is 8.26. The Morgan fingerprint density at radius 1 is 1.33 bits per heavy atom. The summed E-state index contributed by atoms with van der Waals surface area (Å²) in [5.74, 6) is 1.87. The van der Waals surface area contributed by atoms with E-state index in [1.54, 1.807) is 0 Å². The van der Waals surface area contributed by atoms with Crippen LogP contribution in [0.15, 0.2) is 15.9 Å². The molecule has 1 saturated carbocycles. The summed E-state index contributed by atoms with van der Waals surface area (Å²) in [6.45, 7) is 2.34. The van der Waals surface area contributed by atoms with E-state index in [0.717, 1.165) is 11.8 Å². The van der Waals surface area contributed by atoms with Crippen molar-refractivity contribution in [1.29, 1.82) is 0 Å². The number of hydrogen-bond acceptors (Lipinski definition) is 2. The van der Waals surface area contributed by atoms with Gasteiger partial charge in [-0.05, 0) is 66.2 Å². The predicted octanol–water partition coefficient (Wildman–Crippen LogP) is 4.86. The van der Waals surface area contributed by atoms with Crippen molar-refractivity contribution in [1.82, 2.24) is 5.32 Å². The molecule has 102 valence electrons. The Hall–Kier alpha value is 0.140. The van der Waals surface area contributed by atoms with Gasteiger partial charge in [-0.2, -0.15) is 0 Å². The van der Waals surface area contributed by atoms with Crippen LogP contribution in [-0.2, 0) is 6.42 Å². The Balaban J connectivity index is 1.89. The van der Waals surface area contributed by atoms with Gasteiger partial charge in [0.1, 0.15) is 0 Å². The summed E-state index contributed by atoms with van der Waals surface area (Å²) in [4.78, 5) is 1.50. The lowest BCUT2D eigenvalue weighted by Gasteiger charge is -2.33. The van der Waals surface area contributed by atoms with Crippen LogP contribution < -0.4 is 5.32 Å². The van der Waals surface area contributed by atoms with Gasteiger partial charge in [0.05, 0.1) is 3.79 Å². The third kappa shape index (κ3) is 3.82. The van der Waals surface area contributed by atoms with Gasteiger partial charge in [-0.1, -0.05) is 26.2 Å². The molecule has 1 aromatic rings. The first-order valence-electron chi connectivity index (χ1n) is 7.14. The maximum atomic E-state index is 3.56. The zero-order chi connectivity index (χ0) is 13.0. The molecule has 0 saturated heterocycles. The van der Waals surface area contributed by atoms with E-state index >= 15 is 0 Å². The molecule has 0 spiro atoms. The van der Waals surface area contributed by atoms with E-state index in [1.165, 1.54) is 47.2 Å². The lowest BCUT2D eigenvalue weighted by atomic mass is 9.77. The smallest absolute Gasteiger partial charge is 0.0701 e. The van der Waals surface area contributed by atoms with Crippen molar-refractivity contribution in [2.24, 2.45) is 11.8 Å². The summed E-state index contributed by atoms with van der Waals surface area (Å²) >= 11 is 5.43. The molecule has 1 N–H and O–H groups in total. The zero-order valence-electron chi connectivity index (χ0n) is 11.4. The molecule has 1 nitrogen and oxygen atoms in total. The molecule has 1 aromatic heterocycles. The standard InChI is InChI=1S/C15H24BrNS/c1-3-11-4-6-12(7-5-11)14(17-2)10-13-8-9-15(16)18-13/h8-9,11-12,14,17H,3-7,10H2,1-2H3. The maximum absolute atomic E-state index is 3.56. The average molecular weight is 330 g/mol. The molecule has 2 rings (SSSR count). The minimum atomic E-state index is 0.661. The minimum absolute atomic E-state index is 0.661. The highest BCUT2D eigenvalue weighted by Crippen LogP contribution is 2.34. The third-order valence-corrected chi connectivity index (χ3v) is 6.10. The molecular weight excluding hydrogens is 306 g/mol. The van der Waals surface area contributed by atoms with E-state index in [9.17, 15) is 0 Å². The summed E-state index contributed by atoms with van der Waals surface area (Å²) < 4.78 is 1.25. The van der Waals surface area contributed by atoms with Crippen molar-refractivity contribution in [2.75, 3.05) is 7.05 Å². The van der Waals surface area contributed by atoms with Gasteiger partial charge in [0.25, 0.3) is 0 Å². The lowest BCUT2D eigenvalue weighted by Crippen LogP contribution is -2.37. The van der Waals surface area contributed by atoms with E-state index < -0.39 is 0 Å². The topological polar surface area (TPSA) is 12.0 Å². The van der Waals surface area contributed by atoms with Gasteiger partial charge in [-0.15, -0.1) is 11.3 Å². The molecule has 0 bridgehead atoms. The quantitative estimate of drug-likeness (QED) is 0.813. The molecule has 18 heavy (non-hydrogen) atoms. The first kappa shape index (κ1) is 14.5. The van der Waals surface area contributed by atoms with Crippen molar-refractivity contribution in [3.8, 4) is 0 Å². The van der Waals surface area contributed by atoms with Crippen LogP contribution in [0.5, 0.6) is 0 Å². The molecule has 1 aliphatic rings. The molecule has 1 unspecified atom stereocenters. The van der Waals surface area contributed by atoms with Crippen molar-refractivity contribution in [3.05, 3.63) is 20.8 Å². The molecule has 3 heteroatoms. The fourth-order valence-electron chi connectivity index (χ4n) is 3.18. The highest BCUT2D eigenvalue weighted by atomic mass is 79.9. The van der Waals surface area contributed by atoms with Gasteiger partial charge >= 0.3 is 0 Å². The number of halogens is 1. The van der Waals surface area contributed by atoms with Crippen LogP contribution in [0.2, 0.25) is 0 Å². The largest absolute Gasteiger partial charge is 0.316 e. The lowest BCUT2D eigenvalue weighted by molar-refractivity contribution is 0.222. The first-order valence-corrected chi connectivity index (χ1v) is 8.75. The summed E-state index contributed by atoms with van der Waals surface area (Å²) in [7, 11) is 2.12. The van der Waals surface area contributed by atoms with Gasteiger partial charge in [-0.25, -0.2) is 0 Å². The van der Waals surface area contributed by atoms with Crippen LogP contribution in [0.25, 0.3) is 0 Å². The van der Waals surface area contributed by atoms with Crippen molar-refractivity contribution >= 4 is 27.3 Å². The first-order chi connectivity index (χ1) is 8.72. The summed E-state index contributed by atoms with van der Waals surface area (Å²) in [5, 5.41) is 3.55. The van der Waals surface area contributed by atoms with Crippen LogP contribution in [0.3, 0.4) is 0 Å². The van der Waals surface area contributed by atoms with E-state index in [4.69, 9.17) is 0 Å². The van der Waals surface area contributed by atoms with E-state index in [-0.39, 0.29) is 0 Å². The molecule has 1 atom stereocenters. The van der Waals surface area contributed by atoms with Crippen LogP contribution in [0.4, 0.5) is 0 Å². The van der Waals surface area contributed by atoms with E-state index in [1.807, 2.05) is 11.3 Å². The molecule has 0 amide bonds. The Morgan fingerprint density at radius 3 is 2.56 bits per heavy atom. The normalized spacial score (nSPS) is 26.2. The van der Waals surface area contributed by atoms with Gasteiger partial charge in [-0.3, -0.25) is 0 Å². The average Bonchev–Trinajstić information content (AvgIpc) is 2.82. The van der Waals surface area contributed by atoms with Crippen molar-refractivity contribution in [3.63, 3.8) is 0 Å². The van der Waals surface area contributed by atoms with Crippen molar-refractivity contribution in [2.45, 2.75) is 51.5 Å². The van der Waals surface area contributed by atoms with Gasteiger partial charge in [0, 0.05) is 10.9 Å². The molecule has 0 aliphatic heterocycles. The van der Waals surface area contributed by atoms with Gasteiger partial charge < -0.3 is 5.32 Å². The minimum Gasteiger partial charge on any atom is -0.316 e. The fraction of sp³-hybridized carbons (Fsp3) is 0.733. The molecule has 1 aliphatic carbocycles. The second-order valence-corrected chi connectivity index (χ2v) is 8.04. The maximum Gasteiger partial charge on any atom is 0.0701 e. The Morgan fingerprint density at radius 2 is 2.06 bits per heavy atom. The van der Waals surface area contributed by atoms with Crippen LogP contribution >= 0.6 is 27.3 Å². The van der Waals surface area contributed by atoms with Crippen molar-refractivity contribution < 1.29 is 0 Å². The number of thiophene rings is 1. The molecule has 0 aromatic carbocycles. The highest BCUT2D eigenvalue weighted by molar-refractivity contribution is 9.11. The summed E-state index contributed by atoms with van der Waals surface area (Å²) in [5.41, 5.74) is 0. The third-order valence-electron chi connectivity index (χ3n) is 4.46. The fourth-order valence-corrected chi connectivity index (χ4v) is 4.72.